The maximum absolute atomic E-state index is 9.98. The third kappa shape index (κ3) is 2.27. The van der Waals surface area contributed by atoms with E-state index in [1.807, 2.05) is 0 Å². The van der Waals surface area contributed by atoms with Gasteiger partial charge in [0, 0.05) is 32.2 Å². The van der Waals surface area contributed by atoms with Crippen LogP contribution in [0.1, 0.15) is 32.6 Å². The topological polar surface area (TPSA) is 35.5 Å². The molecule has 1 heterocycles. The minimum absolute atomic E-state index is 0.301. The smallest absolute Gasteiger partial charge is 0.0660 e. The number of hydrogen-bond acceptors (Lipinski definition) is 3. The highest BCUT2D eigenvalue weighted by Gasteiger charge is 2.34. The molecular formula is C11H22N2O. The van der Waals surface area contributed by atoms with Crippen LogP contribution in [0.4, 0.5) is 0 Å². The third-order valence-corrected chi connectivity index (χ3v) is 3.79. The molecule has 0 spiro atoms. The van der Waals surface area contributed by atoms with Crippen molar-refractivity contribution in [1.82, 2.24) is 10.2 Å². The van der Waals surface area contributed by atoms with Crippen molar-refractivity contribution in [2.45, 2.75) is 44.2 Å². The first-order valence-electron chi connectivity index (χ1n) is 5.87. The third-order valence-electron chi connectivity index (χ3n) is 3.79. The van der Waals surface area contributed by atoms with Crippen LogP contribution in [0.25, 0.3) is 0 Å². The maximum atomic E-state index is 9.98. The Balaban J connectivity index is 1.73. The first-order valence-corrected chi connectivity index (χ1v) is 5.87. The van der Waals surface area contributed by atoms with Crippen molar-refractivity contribution < 1.29 is 5.11 Å². The Morgan fingerprint density at radius 2 is 2.29 bits per heavy atom. The number of nitrogens with zero attached hydrogens (tertiary/aromatic N) is 1. The fourth-order valence-electron chi connectivity index (χ4n) is 2.40. The van der Waals surface area contributed by atoms with Gasteiger partial charge < -0.3 is 10.4 Å². The van der Waals surface area contributed by atoms with Crippen LogP contribution in [-0.4, -0.2) is 47.8 Å². The largest absolute Gasteiger partial charge is 0.390 e. The zero-order chi connectivity index (χ0) is 10.0. The maximum Gasteiger partial charge on any atom is 0.0660 e. The molecule has 0 aromatic rings. The van der Waals surface area contributed by atoms with E-state index in [-0.39, 0.29) is 5.60 Å². The van der Waals surface area contributed by atoms with Crippen LogP contribution in [0.2, 0.25) is 0 Å². The second kappa shape index (κ2) is 4.17. The highest BCUT2D eigenvalue weighted by atomic mass is 16.3. The van der Waals surface area contributed by atoms with E-state index in [0.29, 0.717) is 6.04 Å². The number of hydrogen-bond donors (Lipinski definition) is 2. The molecule has 0 bridgehead atoms. The molecule has 0 amide bonds. The van der Waals surface area contributed by atoms with Gasteiger partial charge in [0.1, 0.15) is 0 Å². The van der Waals surface area contributed by atoms with Crippen molar-refractivity contribution in [3.05, 3.63) is 0 Å². The van der Waals surface area contributed by atoms with Crippen molar-refractivity contribution in [3.63, 3.8) is 0 Å². The summed E-state index contributed by atoms with van der Waals surface area (Å²) < 4.78 is 0. The summed E-state index contributed by atoms with van der Waals surface area (Å²) in [6.07, 6.45) is 4.23. The predicted octanol–water partition coefficient (Wildman–Crippen LogP) is 0.585. The van der Waals surface area contributed by atoms with Crippen LogP contribution in [0.15, 0.2) is 0 Å². The average Bonchev–Trinajstić information content (AvgIpc) is 2.14. The van der Waals surface area contributed by atoms with E-state index in [2.05, 4.69) is 17.1 Å². The Hall–Kier alpha value is -0.120. The number of rotatable bonds is 3. The molecule has 3 heteroatoms. The van der Waals surface area contributed by atoms with Crippen LogP contribution in [-0.2, 0) is 0 Å². The van der Waals surface area contributed by atoms with Gasteiger partial charge in [-0.3, -0.25) is 4.90 Å². The number of nitrogens with one attached hydrogen (secondary N) is 1. The summed E-state index contributed by atoms with van der Waals surface area (Å²) in [6, 6.07) is 0.632. The van der Waals surface area contributed by atoms with Gasteiger partial charge in [0.25, 0.3) is 0 Å². The Kier molecular flexibility index (Phi) is 3.10. The molecular weight excluding hydrogens is 176 g/mol. The van der Waals surface area contributed by atoms with Crippen LogP contribution >= 0.6 is 0 Å². The first-order chi connectivity index (χ1) is 6.70. The molecule has 1 aliphatic heterocycles. The fourth-order valence-corrected chi connectivity index (χ4v) is 2.40. The summed E-state index contributed by atoms with van der Waals surface area (Å²) >= 11 is 0. The summed E-state index contributed by atoms with van der Waals surface area (Å²) in [5.74, 6) is 0. The molecule has 1 atom stereocenters. The zero-order valence-electron chi connectivity index (χ0n) is 9.13. The highest BCUT2D eigenvalue weighted by molar-refractivity contribution is 4.89. The molecule has 14 heavy (non-hydrogen) atoms. The Morgan fingerprint density at radius 1 is 1.50 bits per heavy atom. The lowest BCUT2D eigenvalue weighted by atomic mass is 9.78. The van der Waals surface area contributed by atoms with Gasteiger partial charge in [0.2, 0.25) is 0 Å². The van der Waals surface area contributed by atoms with Gasteiger partial charge >= 0.3 is 0 Å². The van der Waals surface area contributed by atoms with E-state index >= 15 is 0 Å². The minimum atomic E-state index is -0.301. The van der Waals surface area contributed by atoms with Crippen molar-refractivity contribution >= 4 is 0 Å². The van der Waals surface area contributed by atoms with Crippen LogP contribution in [0, 0.1) is 0 Å². The molecule has 2 aliphatic rings. The summed E-state index contributed by atoms with van der Waals surface area (Å²) in [6.45, 7) is 6.66. The number of aliphatic hydroxyl groups is 1. The SMILES string of the molecule is CC1CNCCN1CCC1(O)CCC1. The van der Waals surface area contributed by atoms with E-state index in [0.717, 1.165) is 45.4 Å². The summed E-state index contributed by atoms with van der Waals surface area (Å²) in [7, 11) is 0. The fraction of sp³-hybridized carbons (Fsp3) is 1.00. The standard InChI is InChI=1S/C11H22N2O/c1-10-9-12-6-8-13(10)7-5-11(14)3-2-4-11/h10,12,14H,2-9H2,1H3. The lowest BCUT2D eigenvalue weighted by Crippen LogP contribution is -2.51. The van der Waals surface area contributed by atoms with Gasteiger partial charge in [0.15, 0.2) is 0 Å². The number of piperazine rings is 1. The quantitative estimate of drug-likeness (QED) is 0.696. The minimum Gasteiger partial charge on any atom is -0.390 e. The van der Waals surface area contributed by atoms with E-state index in [1.54, 1.807) is 0 Å². The molecule has 82 valence electrons. The summed E-state index contributed by atoms with van der Waals surface area (Å²) in [4.78, 5) is 2.49. The highest BCUT2D eigenvalue weighted by Crippen LogP contribution is 2.34. The molecule has 2 N–H and O–H groups in total. The van der Waals surface area contributed by atoms with Crippen LogP contribution in [0.3, 0.4) is 0 Å². The molecule has 0 aromatic carbocycles. The van der Waals surface area contributed by atoms with Crippen molar-refractivity contribution in [3.8, 4) is 0 Å². The summed E-state index contributed by atoms with van der Waals surface area (Å²) in [5.41, 5.74) is -0.301. The molecule has 0 radical (unpaired) electrons. The molecule has 1 saturated heterocycles. The van der Waals surface area contributed by atoms with E-state index in [1.165, 1.54) is 6.42 Å². The van der Waals surface area contributed by atoms with Gasteiger partial charge in [-0.25, -0.2) is 0 Å². The molecule has 1 saturated carbocycles. The first kappa shape index (κ1) is 10.4. The Morgan fingerprint density at radius 3 is 2.86 bits per heavy atom. The average molecular weight is 198 g/mol. The Labute approximate surface area is 86.5 Å². The van der Waals surface area contributed by atoms with Crippen molar-refractivity contribution in [2.24, 2.45) is 0 Å². The summed E-state index contributed by atoms with van der Waals surface area (Å²) in [5, 5.41) is 13.4. The molecule has 1 aliphatic carbocycles. The van der Waals surface area contributed by atoms with Crippen molar-refractivity contribution in [1.29, 1.82) is 0 Å². The van der Waals surface area contributed by atoms with E-state index in [9.17, 15) is 5.11 Å². The normalized spacial score (nSPS) is 32.6. The second-order valence-electron chi connectivity index (χ2n) is 4.92. The lowest BCUT2D eigenvalue weighted by Gasteiger charge is -2.40. The lowest BCUT2D eigenvalue weighted by molar-refractivity contribution is -0.0491. The molecule has 2 rings (SSSR count). The monoisotopic (exact) mass is 198 g/mol. The molecule has 3 nitrogen and oxygen atoms in total. The molecule has 0 aromatic heterocycles. The predicted molar refractivity (Wildman–Crippen MR) is 57.3 cm³/mol. The van der Waals surface area contributed by atoms with Gasteiger partial charge in [-0.2, -0.15) is 0 Å². The van der Waals surface area contributed by atoms with Crippen molar-refractivity contribution in [2.75, 3.05) is 26.2 Å². The molecule has 2 fully saturated rings. The molecule has 1 unspecified atom stereocenters. The van der Waals surface area contributed by atoms with E-state index < -0.39 is 0 Å². The van der Waals surface area contributed by atoms with Crippen LogP contribution in [0.5, 0.6) is 0 Å². The Bertz CT molecular complexity index is 192. The van der Waals surface area contributed by atoms with E-state index in [4.69, 9.17) is 0 Å². The van der Waals surface area contributed by atoms with Gasteiger partial charge in [-0.15, -0.1) is 0 Å². The van der Waals surface area contributed by atoms with Crippen LogP contribution < -0.4 is 5.32 Å². The second-order valence-corrected chi connectivity index (χ2v) is 4.92. The van der Waals surface area contributed by atoms with Gasteiger partial charge in [0.05, 0.1) is 5.60 Å². The van der Waals surface area contributed by atoms with Gasteiger partial charge in [-0.1, -0.05) is 0 Å². The zero-order valence-corrected chi connectivity index (χ0v) is 9.13. The van der Waals surface area contributed by atoms with Gasteiger partial charge in [-0.05, 0) is 32.6 Å².